The van der Waals surface area contributed by atoms with Gasteiger partial charge in [-0.1, -0.05) is 6.07 Å². The molecule has 0 saturated heterocycles. The van der Waals surface area contributed by atoms with E-state index in [1.165, 1.54) is 0 Å². The lowest BCUT2D eigenvalue weighted by Gasteiger charge is -2.34. The number of methoxy groups -OCH3 is 1. The lowest BCUT2D eigenvalue weighted by Crippen LogP contribution is -2.35. The monoisotopic (exact) mass is 504 g/mol. The van der Waals surface area contributed by atoms with E-state index in [9.17, 15) is 4.79 Å². The van der Waals surface area contributed by atoms with Gasteiger partial charge in [-0.05, 0) is 71.2 Å². The van der Waals surface area contributed by atoms with E-state index in [2.05, 4.69) is 25.7 Å². The molecule has 184 valence electrons. The molecule has 0 spiro atoms. The number of nitrogens with one attached hydrogen (secondary N) is 1. The molecular weight excluding hydrogens is 480 g/mol. The van der Waals surface area contributed by atoms with E-state index in [0.717, 1.165) is 34.7 Å². The molecule has 0 saturated carbocycles. The number of benzene rings is 2. The molecule has 2 aliphatic rings. The molecule has 4 heterocycles. The summed E-state index contributed by atoms with van der Waals surface area (Å²) in [6.07, 6.45) is 0.839. The Morgan fingerprint density at radius 2 is 2.11 bits per heavy atom. The van der Waals surface area contributed by atoms with Crippen LogP contribution in [-0.4, -0.2) is 58.5 Å². The average molecular weight is 505 g/mol. The van der Waals surface area contributed by atoms with Crippen LogP contribution in [0, 0.1) is 0 Å². The van der Waals surface area contributed by atoms with E-state index in [1.54, 1.807) is 35.3 Å². The number of hydrogen-bond acceptors (Lipinski definition) is 9. The van der Waals surface area contributed by atoms with Crippen LogP contribution in [0.3, 0.4) is 0 Å². The van der Waals surface area contributed by atoms with Crippen molar-refractivity contribution in [3.05, 3.63) is 75.2 Å². The van der Waals surface area contributed by atoms with Crippen molar-refractivity contribution in [2.24, 2.45) is 0 Å². The Morgan fingerprint density at radius 3 is 2.89 bits per heavy atom. The van der Waals surface area contributed by atoms with E-state index < -0.39 is 0 Å². The highest BCUT2D eigenvalue weighted by atomic mass is 32.1. The topological polar surface area (TPSA) is 104 Å². The minimum atomic E-state index is -0.262. The molecule has 2 aliphatic heterocycles. The van der Waals surface area contributed by atoms with Crippen LogP contribution in [0.4, 0.5) is 0 Å². The maximum Gasteiger partial charge on any atom is 0.251 e. The first kappa shape index (κ1) is 22.5. The van der Waals surface area contributed by atoms with Gasteiger partial charge in [-0.15, -0.1) is 16.4 Å². The zero-order valence-corrected chi connectivity index (χ0v) is 20.6. The van der Waals surface area contributed by atoms with Gasteiger partial charge in [0.05, 0.1) is 19.3 Å². The summed E-state index contributed by atoms with van der Waals surface area (Å²) < 4.78 is 18.9. The van der Waals surface area contributed by atoms with Gasteiger partial charge in [0.25, 0.3) is 5.91 Å². The van der Waals surface area contributed by atoms with Crippen molar-refractivity contribution in [2.75, 3.05) is 27.5 Å². The summed E-state index contributed by atoms with van der Waals surface area (Å²) in [5.74, 6) is 2.46. The van der Waals surface area contributed by atoms with Gasteiger partial charge >= 0.3 is 0 Å². The molecule has 1 amide bonds. The maximum atomic E-state index is 12.6. The molecule has 10 nitrogen and oxygen atoms in total. The Hall–Kier alpha value is -3.96. The van der Waals surface area contributed by atoms with Crippen molar-refractivity contribution in [1.29, 1.82) is 0 Å². The SMILES string of the molecule is COc1c2c(cc3c1C(c1nnnn1-c1ccc(C(=O)NCc4cccs4)cc1)N(C)CC3)OCO2. The summed E-state index contributed by atoms with van der Waals surface area (Å²) in [4.78, 5) is 15.9. The van der Waals surface area contributed by atoms with E-state index in [-0.39, 0.29) is 18.7 Å². The standard InChI is InChI=1S/C25H24N6O4S/c1-30-10-9-16-12-19-22(35-14-34-19)23(33-2)20(16)21(30)24-27-28-29-31(24)17-7-5-15(6-8-17)25(32)26-13-18-4-3-11-36-18/h3-8,11-12,21H,9-10,13-14H2,1-2H3,(H,26,32). The lowest BCUT2D eigenvalue weighted by molar-refractivity contribution is 0.0951. The minimum absolute atomic E-state index is 0.131. The number of ether oxygens (including phenoxy) is 3. The molecule has 0 bridgehead atoms. The highest BCUT2D eigenvalue weighted by Crippen LogP contribution is 2.50. The molecule has 1 N–H and O–H groups in total. The number of tetrazole rings is 1. The predicted octanol–water partition coefficient (Wildman–Crippen LogP) is 2.97. The Morgan fingerprint density at radius 1 is 1.25 bits per heavy atom. The fourth-order valence-electron chi connectivity index (χ4n) is 4.74. The van der Waals surface area contributed by atoms with Crippen molar-refractivity contribution < 1.29 is 19.0 Å². The van der Waals surface area contributed by atoms with Crippen molar-refractivity contribution >= 4 is 17.2 Å². The van der Waals surface area contributed by atoms with Gasteiger partial charge in [0.1, 0.15) is 6.04 Å². The molecule has 6 rings (SSSR count). The predicted molar refractivity (Wildman–Crippen MR) is 132 cm³/mol. The van der Waals surface area contributed by atoms with E-state index >= 15 is 0 Å². The van der Waals surface area contributed by atoms with Crippen molar-refractivity contribution in [3.8, 4) is 22.9 Å². The third-order valence-electron chi connectivity index (χ3n) is 6.51. The largest absolute Gasteiger partial charge is 0.492 e. The molecular formula is C25H24N6O4S. The summed E-state index contributed by atoms with van der Waals surface area (Å²) in [6, 6.07) is 13.0. The lowest BCUT2D eigenvalue weighted by atomic mass is 9.90. The van der Waals surface area contributed by atoms with E-state index in [4.69, 9.17) is 14.2 Å². The first-order chi connectivity index (χ1) is 17.6. The van der Waals surface area contributed by atoms with Gasteiger partial charge < -0.3 is 19.5 Å². The number of hydrogen-bond donors (Lipinski definition) is 1. The fraction of sp³-hybridized carbons (Fsp3) is 0.280. The van der Waals surface area contributed by atoms with Gasteiger partial charge in [-0.3, -0.25) is 9.69 Å². The van der Waals surface area contributed by atoms with Crippen LogP contribution in [0.5, 0.6) is 17.2 Å². The number of thiophene rings is 1. The Kier molecular flexibility index (Phi) is 5.78. The summed E-state index contributed by atoms with van der Waals surface area (Å²) in [6.45, 7) is 1.49. The molecule has 11 heteroatoms. The van der Waals surface area contributed by atoms with Gasteiger partial charge in [-0.25, -0.2) is 0 Å². The molecule has 4 aromatic rings. The van der Waals surface area contributed by atoms with Crippen molar-refractivity contribution in [1.82, 2.24) is 30.4 Å². The van der Waals surface area contributed by atoms with Crippen LogP contribution < -0.4 is 19.5 Å². The normalized spacial score (nSPS) is 16.6. The van der Waals surface area contributed by atoms with E-state index in [0.29, 0.717) is 35.2 Å². The number of likely N-dealkylation sites (N-methyl/N-ethyl adjacent to an activating group) is 1. The summed E-state index contributed by atoms with van der Waals surface area (Å²) in [7, 11) is 3.67. The molecule has 1 atom stereocenters. The van der Waals surface area contributed by atoms with Crippen LogP contribution in [0.2, 0.25) is 0 Å². The van der Waals surface area contributed by atoms with Crippen LogP contribution in [0.1, 0.15) is 38.2 Å². The number of nitrogens with zero attached hydrogens (tertiary/aromatic N) is 5. The van der Waals surface area contributed by atoms with Crippen LogP contribution in [0.25, 0.3) is 5.69 Å². The Balaban J connectivity index is 1.32. The number of aromatic nitrogens is 4. The zero-order chi connectivity index (χ0) is 24.6. The van der Waals surface area contributed by atoms with Crippen LogP contribution in [-0.2, 0) is 13.0 Å². The Bertz CT molecular complexity index is 1400. The minimum Gasteiger partial charge on any atom is -0.492 e. The molecule has 2 aromatic heterocycles. The van der Waals surface area contributed by atoms with Crippen LogP contribution in [0.15, 0.2) is 47.8 Å². The molecule has 36 heavy (non-hydrogen) atoms. The zero-order valence-electron chi connectivity index (χ0n) is 19.8. The van der Waals surface area contributed by atoms with Gasteiger partial charge in [-0.2, -0.15) is 4.68 Å². The van der Waals surface area contributed by atoms with Crippen LogP contribution >= 0.6 is 11.3 Å². The smallest absolute Gasteiger partial charge is 0.251 e. The second-order valence-corrected chi connectivity index (χ2v) is 9.64. The van der Waals surface area contributed by atoms with Crippen molar-refractivity contribution in [2.45, 2.75) is 19.0 Å². The van der Waals surface area contributed by atoms with Crippen molar-refractivity contribution in [3.63, 3.8) is 0 Å². The van der Waals surface area contributed by atoms with Gasteiger partial charge in [0, 0.05) is 22.5 Å². The highest BCUT2D eigenvalue weighted by Gasteiger charge is 2.37. The van der Waals surface area contributed by atoms with Gasteiger partial charge in [0.15, 0.2) is 17.3 Å². The second-order valence-electron chi connectivity index (χ2n) is 8.61. The molecule has 0 radical (unpaired) electrons. The maximum absolute atomic E-state index is 12.6. The molecule has 0 fully saturated rings. The number of rotatable bonds is 6. The second kappa shape index (κ2) is 9.25. The number of carbonyl (C=O) groups is 1. The number of carbonyl (C=O) groups excluding carboxylic acids is 1. The third-order valence-corrected chi connectivity index (χ3v) is 7.39. The summed E-state index contributed by atoms with van der Waals surface area (Å²) >= 11 is 1.61. The van der Waals surface area contributed by atoms with E-state index in [1.807, 2.05) is 42.8 Å². The first-order valence-corrected chi connectivity index (χ1v) is 12.4. The summed E-state index contributed by atoms with van der Waals surface area (Å²) in [5.41, 5.74) is 3.41. The highest BCUT2D eigenvalue weighted by molar-refractivity contribution is 7.09. The fourth-order valence-corrected chi connectivity index (χ4v) is 5.39. The first-order valence-electron chi connectivity index (χ1n) is 11.5. The van der Waals surface area contributed by atoms with Gasteiger partial charge in [0.2, 0.25) is 12.5 Å². The number of fused-ring (bicyclic) bond motifs is 2. The summed E-state index contributed by atoms with van der Waals surface area (Å²) in [5, 5.41) is 17.6. The third kappa shape index (κ3) is 3.86. The quantitative estimate of drug-likeness (QED) is 0.428. The molecule has 2 aromatic carbocycles. The number of amides is 1. The molecule has 0 aliphatic carbocycles. The average Bonchev–Trinajstić information content (AvgIpc) is 3.68. The molecule has 1 unspecified atom stereocenters. The Labute approximate surface area is 211 Å².